The molecule has 4 heteroatoms. The first-order chi connectivity index (χ1) is 14.7. The smallest absolute Gasteiger partial charge is 0.262 e. The second-order valence-electron chi connectivity index (χ2n) is 8.24. The average Bonchev–Trinajstić information content (AvgIpc) is 2.81. The molecule has 0 saturated heterocycles. The number of anilines is 2. The number of amides is 1. The van der Waals surface area contributed by atoms with Crippen LogP contribution < -0.4 is 10.2 Å². The first-order valence-corrected chi connectivity index (χ1v) is 10.4. The highest BCUT2D eigenvalue weighted by Gasteiger charge is 2.51. The molecule has 2 aliphatic rings. The number of nitriles is 1. The van der Waals surface area contributed by atoms with Gasteiger partial charge in [-0.2, -0.15) is 5.26 Å². The Morgan fingerprint density at radius 1 is 0.800 bits per heavy atom. The van der Waals surface area contributed by atoms with Crippen molar-refractivity contribution in [2.75, 3.05) is 10.2 Å². The fourth-order valence-electron chi connectivity index (χ4n) is 5.00. The molecular formula is C26H23N3O. The molecule has 0 aromatic heterocycles. The molecule has 0 atom stereocenters. The van der Waals surface area contributed by atoms with Crippen molar-refractivity contribution in [1.29, 1.82) is 5.26 Å². The molecule has 1 fully saturated rings. The van der Waals surface area contributed by atoms with Gasteiger partial charge in [0.2, 0.25) is 0 Å². The summed E-state index contributed by atoms with van der Waals surface area (Å²) in [5.74, 6) is 0.0136. The molecular weight excluding hydrogens is 370 g/mol. The normalized spacial score (nSPS) is 25.3. The van der Waals surface area contributed by atoms with Crippen LogP contribution in [0.3, 0.4) is 0 Å². The molecule has 3 aromatic carbocycles. The van der Waals surface area contributed by atoms with Gasteiger partial charge >= 0.3 is 0 Å². The van der Waals surface area contributed by atoms with Gasteiger partial charge < -0.3 is 5.32 Å². The number of hydrogen-bond donors (Lipinski definition) is 1. The fraction of sp³-hybridized carbons (Fsp3) is 0.231. The molecule has 0 unspecified atom stereocenters. The number of fused-ring (bicyclic) bond motifs is 1. The maximum atomic E-state index is 13.6. The summed E-state index contributed by atoms with van der Waals surface area (Å²) in [4.78, 5) is 15.5. The van der Waals surface area contributed by atoms with Crippen LogP contribution in [0.2, 0.25) is 0 Å². The van der Waals surface area contributed by atoms with E-state index in [-0.39, 0.29) is 5.91 Å². The standard InChI is InChI=1S/C26H23N3O/c27-19-25(20-9-3-1-4-10-20)15-17-26(18-16-25)28-23-14-8-7-13-22(23)24(30)29(26)21-11-5-2-6-12-21/h1-14,28H,15-18H2. The molecule has 30 heavy (non-hydrogen) atoms. The Balaban J connectivity index is 1.57. The molecule has 0 radical (unpaired) electrons. The molecule has 1 amide bonds. The SMILES string of the molecule is N#CC1(c2ccccc2)CCC2(CC1)Nc1ccccc1C(=O)N2c1ccccc1. The number of nitrogens with zero attached hydrogens (tertiary/aromatic N) is 2. The third kappa shape index (κ3) is 2.78. The third-order valence-electron chi connectivity index (χ3n) is 6.64. The van der Waals surface area contributed by atoms with E-state index in [0.717, 1.165) is 16.9 Å². The summed E-state index contributed by atoms with van der Waals surface area (Å²) < 4.78 is 0. The van der Waals surface area contributed by atoms with E-state index < -0.39 is 11.1 Å². The Morgan fingerprint density at radius 2 is 1.40 bits per heavy atom. The lowest BCUT2D eigenvalue weighted by atomic mass is 9.66. The van der Waals surface area contributed by atoms with Crippen molar-refractivity contribution < 1.29 is 4.79 Å². The van der Waals surface area contributed by atoms with Crippen LogP contribution in [0.1, 0.15) is 41.6 Å². The zero-order valence-electron chi connectivity index (χ0n) is 16.7. The van der Waals surface area contributed by atoms with Gasteiger partial charge in [-0.15, -0.1) is 0 Å². The number of para-hydroxylation sites is 2. The van der Waals surface area contributed by atoms with Gasteiger partial charge in [-0.3, -0.25) is 9.69 Å². The van der Waals surface area contributed by atoms with Crippen LogP contribution in [-0.2, 0) is 5.41 Å². The van der Waals surface area contributed by atoms with Gasteiger partial charge in [0.05, 0.1) is 17.0 Å². The third-order valence-corrected chi connectivity index (χ3v) is 6.64. The topological polar surface area (TPSA) is 56.1 Å². The van der Waals surface area contributed by atoms with Crippen molar-refractivity contribution in [3.63, 3.8) is 0 Å². The van der Waals surface area contributed by atoms with Crippen LogP contribution >= 0.6 is 0 Å². The van der Waals surface area contributed by atoms with Gasteiger partial charge in [0.25, 0.3) is 5.91 Å². The van der Waals surface area contributed by atoms with Gasteiger partial charge in [-0.05, 0) is 55.5 Å². The molecule has 1 aliphatic heterocycles. The van der Waals surface area contributed by atoms with Gasteiger partial charge in [0.1, 0.15) is 5.66 Å². The highest BCUT2D eigenvalue weighted by molar-refractivity contribution is 6.12. The highest BCUT2D eigenvalue weighted by Crippen LogP contribution is 2.48. The minimum absolute atomic E-state index is 0.0136. The predicted octanol–water partition coefficient (Wildman–Crippen LogP) is 5.49. The van der Waals surface area contributed by atoms with E-state index in [4.69, 9.17) is 0 Å². The Morgan fingerprint density at radius 3 is 2.07 bits per heavy atom. The van der Waals surface area contributed by atoms with Crippen molar-refractivity contribution >= 4 is 17.3 Å². The lowest BCUT2D eigenvalue weighted by molar-refractivity contribution is 0.0929. The van der Waals surface area contributed by atoms with Crippen LogP contribution in [0.25, 0.3) is 0 Å². The molecule has 1 saturated carbocycles. The van der Waals surface area contributed by atoms with E-state index in [1.54, 1.807) is 0 Å². The van der Waals surface area contributed by atoms with Crippen molar-refractivity contribution in [3.05, 3.63) is 96.1 Å². The Hall–Kier alpha value is -3.58. The molecule has 148 valence electrons. The average molecular weight is 393 g/mol. The van der Waals surface area contributed by atoms with Crippen molar-refractivity contribution in [2.45, 2.75) is 36.8 Å². The first kappa shape index (κ1) is 18.4. The summed E-state index contributed by atoms with van der Waals surface area (Å²) in [5.41, 5.74) is 2.45. The lowest BCUT2D eigenvalue weighted by Crippen LogP contribution is -2.63. The second-order valence-corrected chi connectivity index (χ2v) is 8.24. The Kier molecular flexibility index (Phi) is 4.33. The molecule has 1 heterocycles. The summed E-state index contributed by atoms with van der Waals surface area (Å²) in [5, 5.41) is 13.8. The quantitative estimate of drug-likeness (QED) is 0.626. The lowest BCUT2D eigenvalue weighted by Gasteiger charge is -2.53. The van der Waals surface area contributed by atoms with Crippen LogP contribution in [0.4, 0.5) is 11.4 Å². The first-order valence-electron chi connectivity index (χ1n) is 10.4. The number of benzene rings is 3. The van der Waals surface area contributed by atoms with E-state index in [2.05, 4.69) is 11.4 Å². The van der Waals surface area contributed by atoms with Gasteiger partial charge in [0.15, 0.2) is 0 Å². The number of rotatable bonds is 2. The molecule has 3 aromatic rings. The number of hydrogen-bond acceptors (Lipinski definition) is 3. The van der Waals surface area contributed by atoms with E-state index in [9.17, 15) is 10.1 Å². The van der Waals surface area contributed by atoms with Crippen LogP contribution in [0.15, 0.2) is 84.9 Å². The van der Waals surface area contributed by atoms with Crippen LogP contribution in [0.5, 0.6) is 0 Å². The summed E-state index contributed by atoms with van der Waals surface area (Å²) in [6.07, 6.45) is 2.79. The van der Waals surface area contributed by atoms with E-state index >= 15 is 0 Å². The van der Waals surface area contributed by atoms with E-state index in [1.807, 2.05) is 89.8 Å². The largest absolute Gasteiger partial charge is 0.362 e. The Labute approximate surface area is 176 Å². The fourth-order valence-corrected chi connectivity index (χ4v) is 5.00. The monoisotopic (exact) mass is 393 g/mol. The maximum absolute atomic E-state index is 13.6. The minimum Gasteiger partial charge on any atom is -0.362 e. The van der Waals surface area contributed by atoms with Gasteiger partial charge in [-0.1, -0.05) is 60.7 Å². The maximum Gasteiger partial charge on any atom is 0.262 e. The molecule has 1 spiro atoms. The second kappa shape index (κ2) is 7.03. The van der Waals surface area contributed by atoms with Crippen molar-refractivity contribution in [2.24, 2.45) is 0 Å². The summed E-state index contributed by atoms with van der Waals surface area (Å²) in [7, 11) is 0. The van der Waals surface area contributed by atoms with Gasteiger partial charge in [-0.25, -0.2) is 0 Å². The van der Waals surface area contributed by atoms with E-state index in [0.29, 0.717) is 31.2 Å². The summed E-state index contributed by atoms with van der Waals surface area (Å²) in [6, 6.07) is 30.2. The number of carbonyl (C=O) groups excluding carboxylic acids is 1. The number of carbonyl (C=O) groups is 1. The predicted molar refractivity (Wildman–Crippen MR) is 118 cm³/mol. The molecule has 0 bridgehead atoms. The zero-order chi connectivity index (χ0) is 20.6. The molecule has 4 nitrogen and oxygen atoms in total. The zero-order valence-corrected chi connectivity index (χ0v) is 16.7. The van der Waals surface area contributed by atoms with Crippen molar-refractivity contribution in [1.82, 2.24) is 0 Å². The highest BCUT2D eigenvalue weighted by atomic mass is 16.2. The van der Waals surface area contributed by atoms with Crippen LogP contribution in [-0.4, -0.2) is 11.6 Å². The Bertz CT molecular complexity index is 1110. The minimum atomic E-state index is -0.540. The van der Waals surface area contributed by atoms with E-state index in [1.165, 1.54) is 0 Å². The van der Waals surface area contributed by atoms with Crippen LogP contribution in [0, 0.1) is 11.3 Å². The van der Waals surface area contributed by atoms with Gasteiger partial charge in [0, 0.05) is 11.4 Å². The van der Waals surface area contributed by atoms with Crippen molar-refractivity contribution in [3.8, 4) is 6.07 Å². The summed E-state index contributed by atoms with van der Waals surface area (Å²) in [6.45, 7) is 0. The number of nitrogens with one attached hydrogen (secondary N) is 1. The molecule has 1 aliphatic carbocycles. The molecule has 1 N–H and O–H groups in total. The molecule has 5 rings (SSSR count). The summed E-state index contributed by atoms with van der Waals surface area (Å²) >= 11 is 0.